The van der Waals surface area contributed by atoms with Gasteiger partial charge >= 0.3 is 0 Å². The molecule has 0 aliphatic heterocycles. The summed E-state index contributed by atoms with van der Waals surface area (Å²) in [6.07, 6.45) is 4.03. The lowest BCUT2D eigenvalue weighted by Crippen LogP contribution is -2.00. The smallest absolute Gasteiger partial charge is 0.201 e. The van der Waals surface area contributed by atoms with E-state index in [0.29, 0.717) is 5.76 Å². The van der Waals surface area contributed by atoms with Crippen LogP contribution < -0.4 is 0 Å². The Labute approximate surface area is 86.7 Å². The van der Waals surface area contributed by atoms with Gasteiger partial charge in [0, 0.05) is 11.8 Å². The van der Waals surface area contributed by atoms with E-state index >= 15 is 0 Å². The molecule has 1 fully saturated rings. The van der Waals surface area contributed by atoms with Crippen LogP contribution in [0.1, 0.15) is 28.7 Å². The van der Waals surface area contributed by atoms with E-state index in [1.54, 1.807) is 18.4 Å². The first-order valence-corrected chi connectivity index (χ1v) is 4.97. The van der Waals surface area contributed by atoms with Crippen LogP contribution in [0.4, 0.5) is 0 Å². The summed E-state index contributed by atoms with van der Waals surface area (Å²) in [4.78, 5) is 11.8. The van der Waals surface area contributed by atoms with Crippen molar-refractivity contribution in [2.24, 2.45) is 5.92 Å². The second-order valence-corrected chi connectivity index (χ2v) is 3.81. The molecule has 2 atom stereocenters. The van der Waals surface area contributed by atoms with Crippen molar-refractivity contribution >= 4 is 5.78 Å². The molecule has 0 saturated heterocycles. The third-order valence-electron chi connectivity index (χ3n) is 2.80. The maximum Gasteiger partial charge on any atom is 0.201 e. The maximum absolute atomic E-state index is 11.8. The minimum absolute atomic E-state index is 0.0438. The number of rotatable bonds is 3. The summed E-state index contributed by atoms with van der Waals surface area (Å²) < 4.78 is 10.4. The molecule has 0 unspecified atom stereocenters. The molecule has 76 valence electrons. The summed E-state index contributed by atoms with van der Waals surface area (Å²) in [7, 11) is 0. The van der Waals surface area contributed by atoms with Crippen molar-refractivity contribution in [3.8, 4) is 0 Å². The molecule has 2 aromatic heterocycles. The van der Waals surface area contributed by atoms with Crippen LogP contribution in [0.15, 0.2) is 45.6 Å². The Morgan fingerprint density at radius 3 is 2.67 bits per heavy atom. The van der Waals surface area contributed by atoms with E-state index in [1.807, 2.05) is 12.1 Å². The normalized spacial score (nSPS) is 24.0. The Balaban J connectivity index is 1.75. The molecule has 2 heterocycles. The summed E-state index contributed by atoms with van der Waals surface area (Å²) in [6, 6.07) is 7.21. The summed E-state index contributed by atoms with van der Waals surface area (Å²) in [5.41, 5.74) is 0. The molecule has 1 aliphatic rings. The lowest BCUT2D eigenvalue weighted by molar-refractivity contribution is 0.0936. The number of furan rings is 2. The van der Waals surface area contributed by atoms with E-state index in [-0.39, 0.29) is 17.6 Å². The van der Waals surface area contributed by atoms with Crippen LogP contribution in [-0.4, -0.2) is 5.78 Å². The highest BCUT2D eigenvalue weighted by molar-refractivity contribution is 5.97. The average molecular weight is 202 g/mol. The Hall–Kier alpha value is -1.77. The molecule has 3 nitrogen and oxygen atoms in total. The van der Waals surface area contributed by atoms with E-state index in [4.69, 9.17) is 8.83 Å². The number of carbonyl (C=O) groups is 1. The Kier molecular flexibility index (Phi) is 1.78. The van der Waals surface area contributed by atoms with Gasteiger partial charge in [-0.3, -0.25) is 4.79 Å². The zero-order valence-electron chi connectivity index (χ0n) is 8.05. The molecule has 0 amide bonds. The third kappa shape index (κ3) is 1.40. The van der Waals surface area contributed by atoms with Gasteiger partial charge < -0.3 is 8.83 Å². The molecule has 2 aromatic rings. The predicted molar refractivity (Wildman–Crippen MR) is 52.6 cm³/mol. The summed E-state index contributed by atoms with van der Waals surface area (Å²) in [5.74, 6) is 1.73. The molecule has 0 spiro atoms. The first-order valence-electron chi connectivity index (χ1n) is 4.97. The van der Waals surface area contributed by atoms with Gasteiger partial charge in [-0.25, -0.2) is 0 Å². The van der Waals surface area contributed by atoms with Gasteiger partial charge in [0.15, 0.2) is 5.76 Å². The average Bonchev–Trinajstić information content (AvgIpc) is 2.78. The predicted octanol–water partition coefficient (Wildman–Crippen LogP) is 2.86. The minimum Gasteiger partial charge on any atom is -0.469 e. The first-order chi connectivity index (χ1) is 7.36. The van der Waals surface area contributed by atoms with Crippen LogP contribution in [0.25, 0.3) is 0 Å². The third-order valence-corrected chi connectivity index (χ3v) is 2.80. The largest absolute Gasteiger partial charge is 0.469 e. The van der Waals surface area contributed by atoms with Crippen molar-refractivity contribution in [1.29, 1.82) is 0 Å². The van der Waals surface area contributed by atoms with Gasteiger partial charge in [0.05, 0.1) is 12.5 Å². The molecular formula is C12H10O3. The SMILES string of the molecule is O=C(c1ccco1)[C@@H]1C[C@H]1c1ccco1. The lowest BCUT2D eigenvalue weighted by Gasteiger charge is -1.94. The van der Waals surface area contributed by atoms with E-state index < -0.39 is 0 Å². The van der Waals surface area contributed by atoms with E-state index in [9.17, 15) is 4.79 Å². The van der Waals surface area contributed by atoms with Crippen molar-refractivity contribution in [3.63, 3.8) is 0 Å². The second kappa shape index (κ2) is 3.12. The number of Topliss-reactive ketones (excluding diaryl/α,β-unsaturated/α-hetero) is 1. The van der Waals surface area contributed by atoms with Crippen LogP contribution in [0.3, 0.4) is 0 Å². The highest BCUT2D eigenvalue weighted by Crippen LogP contribution is 2.49. The molecule has 0 N–H and O–H groups in total. The van der Waals surface area contributed by atoms with Crippen molar-refractivity contribution in [2.75, 3.05) is 0 Å². The zero-order valence-corrected chi connectivity index (χ0v) is 8.05. The number of hydrogen-bond donors (Lipinski definition) is 0. The van der Waals surface area contributed by atoms with Crippen molar-refractivity contribution in [1.82, 2.24) is 0 Å². The van der Waals surface area contributed by atoms with Gasteiger partial charge in [-0.05, 0) is 30.7 Å². The van der Waals surface area contributed by atoms with Crippen LogP contribution in [0.5, 0.6) is 0 Å². The fraction of sp³-hybridized carbons (Fsp3) is 0.250. The quantitative estimate of drug-likeness (QED) is 0.719. The number of hydrogen-bond acceptors (Lipinski definition) is 3. The number of carbonyl (C=O) groups excluding carboxylic acids is 1. The Morgan fingerprint density at radius 2 is 2.00 bits per heavy atom. The first kappa shape index (κ1) is 8.53. The van der Waals surface area contributed by atoms with Gasteiger partial charge in [0.1, 0.15) is 5.76 Å². The standard InChI is InChI=1S/C12H10O3/c13-12(11-4-2-6-15-11)9-7-8(9)10-3-1-5-14-10/h1-6,8-9H,7H2/t8-,9-/m1/s1. The monoisotopic (exact) mass is 202 g/mol. The van der Waals surface area contributed by atoms with Crippen LogP contribution in [-0.2, 0) is 0 Å². The van der Waals surface area contributed by atoms with Crippen molar-refractivity contribution < 1.29 is 13.6 Å². The molecule has 0 radical (unpaired) electrons. The number of ketones is 1. The fourth-order valence-electron chi connectivity index (χ4n) is 1.90. The van der Waals surface area contributed by atoms with Crippen LogP contribution >= 0.6 is 0 Å². The molecule has 15 heavy (non-hydrogen) atoms. The summed E-state index contributed by atoms with van der Waals surface area (Å²) in [5, 5.41) is 0. The molecule has 0 aromatic carbocycles. The van der Waals surface area contributed by atoms with E-state index in [0.717, 1.165) is 12.2 Å². The lowest BCUT2D eigenvalue weighted by atomic mass is 10.1. The molecule has 1 aliphatic carbocycles. The van der Waals surface area contributed by atoms with Gasteiger partial charge in [-0.1, -0.05) is 0 Å². The van der Waals surface area contributed by atoms with E-state index in [2.05, 4.69) is 0 Å². The summed E-state index contributed by atoms with van der Waals surface area (Å²) >= 11 is 0. The topological polar surface area (TPSA) is 43.4 Å². The van der Waals surface area contributed by atoms with Crippen LogP contribution in [0.2, 0.25) is 0 Å². The van der Waals surface area contributed by atoms with E-state index in [1.165, 1.54) is 6.26 Å². The van der Waals surface area contributed by atoms with Gasteiger partial charge in [-0.15, -0.1) is 0 Å². The Bertz CT molecular complexity index is 453. The molecule has 3 rings (SSSR count). The molecule has 0 bridgehead atoms. The van der Waals surface area contributed by atoms with Gasteiger partial charge in [-0.2, -0.15) is 0 Å². The Morgan fingerprint density at radius 1 is 1.20 bits per heavy atom. The maximum atomic E-state index is 11.8. The molecule has 3 heteroatoms. The molecular weight excluding hydrogens is 192 g/mol. The van der Waals surface area contributed by atoms with Crippen LogP contribution in [0, 0.1) is 5.92 Å². The van der Waals surface area contributed by atoms with Gasteiger partial charge in [0.25, 0.3) is 0 Å². The fourth-order valence-corrected chi connectivity index (χ4v) is 1.90. The zero-order chi connectivity index (χ0) is 10.3. The molecule has 1 saturated carbocycles. The highest BCUT2D eigenvalue weighted by Gasteiger charge is 2.46. The van der Waals surface area contributed by atoms with Gasteiger partial charge in [0.2, 0.25) is 5.78 Å². The summed E-state index contributed by atoms with van der Waals surface area (Å²) in [6.45, 7) is 0. The minimum atomic E-state index is 0.0438. The highest BCUT2D eigenvalue weighted by atomic mass is 16.3. The second-order valence-electron chi connectivity index (χ2n) is 3.81. The van der Waals surface area contributed by atoms with Crippen molar-refractivity contribution in [2.45, 2.75) is 12.3 Å². The van der Waals surface area contributed by atoms with Crippen molar-refractivity contribution in [3.05, 3.63) is 48.3 Å².